The summed E-state index contributed by atoms with van der Waals surface area (Å²) in [5.41, 5.74) is 0.955. The number of rotatable bonds is 5. The van der Waals surface area contributed by atoms with Gasteiger partial charge in [0.15, 0.2) is 0 Å². The molecule has 0 bridgehead atoms. The quantitative estimate of drug-likeness (QED) is 0.841. The van der Waals surface area contributed by atoms with Crippen molar-refractivity contribution in [2.45, 2.75) is 12.8 Å². The van der Waals surface area contributed by atoms with E-state index in [2.05, 4.69) is 0 Å². The lowest BCUT2D eigenvalue weighted by Crippen LogP contribution is -2.11. The van der Waals surface area contributed by atoms with Gasteiger partial charge in [-0.1, -0.05) is 23.2 Å². The predicted molar refractivity (Wildman–Crippen MR) is 62.4 cm³/mol. The van der Waals surface area contributed by atoms with E-state index < -0.39 is 0 Å². The third-order valence-corrected chi connectivity index (χ3v) is 2.95. The van der Waals surface area contributed by atoms with Crippen LogP contribution in [0.4, 0.5) is 0 Å². The molecular weight excluding hydrogens is 235 g/mol. The molecule has 1 rings (SSSR count). The summed E-state index contributed by atoms with van der Waals surface area (Å²) in [6.45, 7) is -0.0105. The van der Waals surface area contributed by atoms with Crippen molar-refractivity contribution in [2.75, 3.05) is 13.2 Å². The molecule has 0 amide bonds. The molecule has 4 heteroatoms. The number of halogens is 2. The molecule has 0 atom stereocenters. The number of hydrogen-bond acceptors (Lipinski definition) is 2. The molecule has 0 saturated heterocycles. The molecule has 0 aromatic heterocycles. The summed E-state index contributed by atoms with van der Waals surface area (Å²) in [4.78, 5) is 0. The van der Waals surface area contributed by atoms with E-state index >= 15 is 0 Å². The van der Waals surface area contributed by atoms with E-state index in [1.807, 2.05) is 6.07 Å². The molecule has 84 valence electrons. The molecule has 0 radical (unpaired) electrons. The maximum absolute atomic E-state index is 8.91. The Kier molecular flexibility index (Phi) is 5.40. The predicted octanol–water partition coefficient (Wildman–Crippen LogP) is 2.53. The number of aliphatic hydroxyl groups is 2. The molecule has 0 fully saturated rings. The molecular formula is C11H14Cl2O2. The zero-order chi connectivity index (χ0) is 11.3. The summed E-state index contributed by atoms with van der Waals surface area (Å²) in [6, 6.07) is 5.31. The van der Waals surface area contributed by atoms with E-state index in [9.17, 15) is 0 Å². The highest BCUT2D eigenvalue weighted by Gasteiger charge is 2.08. The molecule has 1 aromatic carbocycles. The molecule has 0 aliphatic carbocycles. The van der Waals surface area contributed by atoms with Gasteiger partial charge in [-0.05, 0) is 36.6 Å². The highest BCUT2D eigenvalue weighted by atomic mass is 35.5. The van der Waals surface area contributed by atoms with Gasteiger partial charge in [-0.2, -0.15) is 0 Å². The van der Waals surface area contributed by atoms with Crippen LogP contribution in [-0.4, -0.2) is 23.4 Å². The highest BCUT2D eigenvalue weighted by molar-refractivity contribution is 6.33. The molecule has 0 heterocycles. The van der Waals surface area contributed by atoms with Crippen molar-refractivity contribution in [1.82, 2.24) is 0 Å². The fourth-order valence-electron chi connectivity index (χ4n) is 1.33. The van der Waals surface area contributed by atoms with Crippen LogP contribution in [0.5, 0.6) is 0 Å². The molecule has 0 spiro atoms. The first-order valence-corrected chi connectivity index (χ1v) is 5.58. The van der Waals surface area contributed by atoms with Crippen LogP contribution in [0.25, 0.3) is 0 Å². The average molecular weight is 249 g/mol. The van der Waals surface area contributed by atoms with Crippen LogP contribution in [0, 0.1) is 5.92 Å². The first kappa shape index (κ1) is 12.8. The van der Waals surface area contributed by atoms with E-state index in [-0.39, 0.29) is 19.1 Å². The third kappa shape index (κ3) is 3.99. The normalized spacial score (nSPS) is 11.0. The topological polar surface area (TPSA) is 40.5 Å². The van der Waals surface area contributed by atoms with Crippen LogP contribution in [0.3, 0.4) is 0 Å². The fourth-order valence-corrected chi connectivity index (χ4v) is 1.74. The summed E-state index contributed by atoms with van der Waals surface area (Å²) in [5, 5.41) is 19.1. The van der Waals surface area contributed by atoms with Crippen molar-refractivity contribution in [3.8, 4) is 0 Å². The van der Waals surface area contributed by atoms with E-state index in [0.29, 0.717) is 22.9 Å². The van der Waals surface area contributed by atoms with Gasteiger partial charge in [0.05, 0.1) is 0 Å². The van der Waals surface area contributed by atoms with Gasteiger partial charge in [0.25, 0.3) is 0 Å². The van der Waals surface area contributed by atoms with Crippen LogP contribution in [0.15, 0.2) is 18.2 Å². The largest absolute Gasteiger partial charge is 0.396 e. The maximum atomic E-state index is 8.91. The second kappa shape index (κ2) is 6.33. The average Bonchev–Trinajstić information content (AvgIpc) is 2.24. The van der Waals surface area contributed by atoms with Crippen LogP contribution in [-0.2, 0) is 6.42 Å². The van der Waals surface area contributed by atoms with E-state index in [1.54, 1.807) is 12.1 Å². The number of hydrogen-bond donors (Lipinski definition) is 2. The Morgan fingerprint density at radius 2 is 1.80 bits per heavy atom. The number of aryl methyl sites for hydroxylation is 1. The summed E-state index contributed by atoms with van der Waals surface area (Å²) < 4.78 is 0. The van der Waals surface area contributed by atoms with Gasteiger partial charge in [-0.15, -0.1) is 0 Å². The lowest BCUT2D eigenvalue weighted by atomic mass is 10.0. The molecule has 0 unspecified atom stereocenters. The molecule has 15 heavy (non-hydrogen) atoms. The Bertz CT molecular complexity index is 311. The smallest absolute Gasteiger partial charge is 0.0481 e. The van der Waals surface area contributed by atoms with Crippen LogP contribution >= 0.6 is 23.2 Å². The summed E-state index contributed by atoms with van der Waals surface area (Å²) >= 11 is 11.8. The minimum absolute atomic E-state index is 0.00527. The zero-order valence-electron chi connectivity index (χ0n) is 8.29. The maximum Gasteiger partial charge on any atom is 0.0481 e. The summed E-state index contributed by atoms with van der Waals surface area (Å²) in [5.74, 6) is -0.0833. The first-order chi connectivity index (χ1) is 7.17. The van der Waals surface area contributed by atoms with Gasteiger partial charge < -0.3 is 10.2 Å². The van der Waals surface area contributed by atoms with E-state index in [0.717, 1.165) is 5.56 Å². The summed E-state index contributed by atoms with van der Waals surface area (Å²) in [6.07, 6.45) is 1.41. The Morgan fingerprint density at radius 1 is 1.13 bits per heavy atom. The lowest BCUT2D eigenvalue weighted by Gasteiger charge is -2.11. The van der Waals surface area contributed by atoms with Crippen molar-refractivity contribution >= 4 is 23.2 Å². The van der Waals surface area contributed by atoms with Crippen molar-refractivity contribution in [1.29, 1.82) is 0 Å². The molecule has 0 aliphatic rings. The van der Waals surface area contributed by atoms with Gasteiger partial charge in [0.1, 0.15) is 0 Å². The Morgan fingerprint density at radius 3 is 2.40 bits per heavy atom. The molecule has 1 aromatic rings. The van der Waals surface area contributed by atoms with Crippen molar-refractivity contribution in [3.63, 3.8) is 0 Å². The van der Waals surface area contributed by atoms with Gasteiger partial charge in [-0.25, -0.2) is 0 Å². The van der Waals surface area contributed by atoms with Gasteiger partial charge >= 0.3 is 0 Å². The zero-order valence-corrected chi connectivity index (χ0v) is 9.80. The molecule has 0 aliphatic heterocycles. The van der Waals surface area contributed by atoms with E-state index in [4.69, 9.17) is 33.4 Å². The minimum atomic E-state index is -0.0833. The minimum Gasteiger partial charge on any atom is -0.396 e. The fraction of sp³-hybridized carbons (Fsp3) is 0.455. The monoisotopic (exact) mass is 248 g/mol. The van der Waals surface area contributed by atoms with E-state index in [1.165, 1.54) is 0 Å². The van der Waals surface area contributed by atoms with Crippen molar-refractivity contribution in [3.05, 3.63) is 33.8 Å². The third-order valence-electron chi connectivity index (χ3n) is 2.35. The summed E-state index contributed by atoms with van der Waals surface area (Å²) in [7, 11) is 0. The SMILES string of the molecule is OCC(CO)CCc1cc(Cl)ccc1Cl. The Labute approximate surface area is 99.5 Å². The van der Waals surface area contributed by atoms with Crippen molar-refractivity contribution in [2.24, 2.45) is 5.92 Å². The molecule has 2 N–H and O–H groups in total. The van der Waals surface area contributed by atoms with Crippen molar-refractivity contribution < 1.29 is 10.2 Å². The van der Waals surface area contributed by atoms with Gasteiger partial charge in [0.2, 0.25) is 0 Å². The Balaban J connectivity index is 2.60. The molecule has 2 nitrogen and oxygen atoms in total. The second-order valence-corrected chi connectivity index (χ2v) is 4.35. The molecule has 0 saturated carbocycles. The van der Waals surface area contributed by atoms with Gasteiger partial charge in [-0.3, -0.25) is 0 Å². The standard InChI is InChI=1S/C11H14Cl2O2/c12-10-3-4-11(13)9(5-10)2-1-8(6-14)7-15/h3-5,8,14-15H,1-2,6-7H2. The highest BCUT2D eigenvalue weighted by Crippen LogP contribution is 2.22. The van der Waals surface area contributed by atoms with Crippen LogP contribution < -0.4 is 0 Å². The number of aliphatic hydroxyl groups excluding tert-OH is 2. The lowest BCUT2D eigenvalue weighted by molar-refractivity contribution is 0.144. The Hall–Kier alpha value is -0.280. The first-order valence-electron chi connectivity index (χ1n) is 4.83. The van der Waals surface area contributed by atoms with Crippen LogP contribution in [0.1, 0.15) is 12.0 Å². The number of benzene rings is 1. The second-order valence-electron chi connectivity index (χ2n) is 3.51. The van der Waals surface area contributed by atoms with Gasteiger partial charge in [0, 0.05) is 29.2 Å². The van der Waals surface area contributed by atoms with Crippen LogP contribution in [0.2, 0.25) is 10.0 Å².